The summed E-state index contributed by atoms with van der Waals surface area (Å²) in [5, 5.41) is 0.602. The van der Waals surface area contributed by atoms with Gasteiger partial charge in [0.25, 0.3) is 0 Å². The Morgan fingerprint density at radius 2 is 0.812 bits per heavy atom. The van der Waals surface area contributed by atoms with Gasteiger partial charge >= 0.3 is 0 Å². The summed E-state index contributed by atoms with van der Waals surface area (Å²) in [5.74, 6) is 9.12. The third kappa shape index (κ3) is 7.14. The first kappa shape index (κ1) is 27.5. The molecule has 0 unspecified atom stereocenters. The molecule has 180 valence electrons. The molecule has 0 heterocycles. The molecular weight excluding hydrogens is 417 g/mol. The van der Waals surface area contributed by atoms with Gasteiger partial charge in [0, 0.05) is 11.1 Å². The highest BCUT2D eigenvalue weighted by molar-refractivity contribution is 6.88. The average molecular weight is 469 g/mol. The fourth-order valence-corrected chi connectivity index (χ4v) is 6.03. The zero-order valence-electron chi connectivity index (χ0n) is 23.2. The van der Waals surface area contributed by atoms with Crippen molar-refractivity contribution in [3.8, 4) is 22.9 Å². The molecule has 0 nitrogen and oxygen atoms in total. The molecule has 0 atom stereocenters. The van der Waals surface area contributed by atoms with E-state index in [4.69, 9.17) is 0 Å². The summed E-state index contributed by atoms with van der Waals surface area (Å²) in [6, 6.07) is 0. The second kappa shape index (κ2) is 10.7. The summed E-state index contributed by atoms with van der Waals surface area (Å²) in [6.45, 7) is 24.2. The minimum atomic E-state index is -1.65. The van der Waals surface area contributed by atoms with Crippen molar-refractivity contribution in [1.29, 1.82) is 0 Å². The van der Waals surface area contributed by atoms with Gasteiger partial charge in [0.2, 0.25) is 0 Å². The van der Waals surface area contributed by atoms with Gasteiger partial charge in [-0.2, -0.15) is 0 Å². The van der Waals surface area contributed by atoms with Crippen LogP contribution in [0.25, 0.3) is 0 Å². The minimum absolute atomic E-state index is 0.301. The zero-order chi connectivity index (χ0) is 24.2. The molecule has 2 rings (SSSR count). The first-order valence-corrected chi connectivity index (χ1v) is 19.5. The molecule has 2 saturated carbocycles. The van der Waals surface area contributed by atoms with Gasteiger partial charge in [-0.05, 0) is 47.6 Å². The van der Waals surface area contributed by atoms with E-state index < -0.39 is 16.1 Å². The molecule has 2 heteroatoms. The van der Waals surface area contributed by atoms with Crippen LogP contribution in [0, 0.1) is 34.8 Å². The Morgan fingerprint density at radius 1 is 0.531 bits per heavy atom. The molecule has 0 N–H and O–H groups in total. The lowest BCUT2D eigenvalue weighted by Gasteiger charge is -2.33. The van der Waals surface area contributed by atoms with Crippen molar-refractivity contribution >= 4 is 16.1 Å². The Labute approximate surface area is 203 Å². The van der Waals surface area contributed by atoms with E-state index in [1.54, 1.807) is 0 Å². The van der Waals surface area contributed by atoms with Crippen LogP contribution in [-0.2, 0) is 0 Å². The number of allylic oxidation sites excluding steroid dienone is 2. The van der Waals surface area contributed by atoms with Crippen molar-refractivity contribution in [2.24, 2.45) is 11.8 Å². The van der Waals surface area contributed by atoms with E-state index in [-0.39, 0.29) is 0 Å². The molecule has 2 aliphatic carbocycles. The van der Waals surface area contributed by atoms with E-state index in [9.17, 15) is 0 Å². The second-order valence-electron chi connectivity index (χ2n) is 13.7. The molecule has 2 aliphatic rings. The summed E-state index contributed by atoms with van der Waals surface area (Å²) in [5.41, 5.74) is 10.8. The lowest BCUT2D eigenvalue weighted by molar-refractivity contribution is 0.386. The van der Waals surface area contributed by atoms with Crippen LogP contribution in [0.5, 0.6) is 0 Å². The van der Waals surface area contributed by atoms with E-state index >= 15 is 0 Å². The zero-order valence-corrected chi connectivity index (χ0v) is 25.2. The van der Waals surface area contributed by atoms with Crippen LogP contribution in [-0.4, -0.2) is 16.1 Å². The first-order chi connectivity index (χ1) is 14.7. The minimum Gasteiger partial charge on any atom is -0.126 e. The fourth-order valence-electron chi connectivity index (χ4n) is 4.38. The highest BCUT2D eigenvalue weighted by Gasteiger charge is 2.35. The van der Waals surface area contributed by atoms with Gasteiger partial charge in [0.15, 0.2) is 0 Å². The number of rotatable bonds is 2. The lowest BCUT2D eigenvalue weighted by Crippen LogP contribution is -2.36. The van der Waals surface area contributed by atoms with Crippen LogP contribution in [0.3, 0.4) is 0 Å². The molecule has 0 aromatic heterocycles. The van der Waals surface area contributed by atoms with E-state index in [1.165, 1.54) is 75.4 Å². The third-order valence-corrected chi connectivity index (χ3v) is 18.1. The van der Waals surface area contributed by atoms with Crippen LogP contribution >= 0.6 is 0 Å². The summed E-state index contributed by atoms with van der Waals surface area (Å²) in [7, 11) is -3.30. The van der Waals surface area contributed by atoms with Gasteiger partial charge in [-0.15, -0.1) is 11.1 Å². The molecule has 0 saturated heterocycles. The van der Waals surface area contributed by atoms with Crippen molar-refractivity contribution in [2.45, 2.75) is 142 Å². The second-order valence-corrected chi connectivity index (χ2v) is 23.7. The van der Waals surface area contributed by atoms with Gasteiger partial charge < -0.3 is 0 Å². The summed E-state index contributed by atoms with van der Waals surface area (Å²) >= 11 is 0. The van der Waals surface area contributed by atoms with Crippen LogP contribution in [0.1, 0.15) is 106 Å². The van der Waals surface area contributed by atoms with Crippen molar-refractivity contribution in [3.05, 3.63) is 11.1 Å². The highest BCUT2D eigenvalue weighted by Crippen LogP contribution is 2.40. The molecule has 0 aliphatic heterocycles. The van der Waals surface area contributed by atoms with Gasteiger partial charge in [-0.3, -0.25) is 0 Å². The predicted octanol–water partition coefficient (Wildman–Crippen LogP) is 9.55. The van der Waals surface area contributed by atoms with Crippen LogP contribution in [0.2, 0.25) is 36.3 Å². The van der Waals surface area contributed by atoms with Crippen LogP contribution in [0.15, 0.2) is 11.1 Å². The summed E-state index contributed by atoms with van der Waals surface area (Å²) in [4.78, 5) is 0. The SMILES string of the molecule is CC(C)(C)[Si](C)(C)C#C/C(=C(/C#C[Si](C)(C)C(C)(C)C)C1CCCCC1)C1CCCCC1. The Bertz CT molecular complexity index is 710. The monoisotopic (exact) mass is 468 g/mol. The van der Waals surface area contributed by atoms with Gasteiger partial charge in [-0.1, -0.05) is 118 Å². The van der Waals surface area contributed by atoms with Gasteiger partial charge in [0.1, 0.15) is 16.1 Å². The normalized spacial score (nSPS) is 20.6. The molecule has 32 heavy (non-hydrogen) atoms. The standard InChI is InChI=1S/C30H52Si2/c1-29(2,3)31(7,8)23-21-27(25-17-13-11-14-18-25)28(26-19-15-12-16-20-26)22-24-32(9,10)30(4,5)6/h25-26H,11-20H2,1-10H3/b28-27+. The predicted molar refractivity (Wildman–Crippen MR) is 150 cm³/mol. The first-order valence-electron chi connectivity index (χ1n) is 13.5. The summed E-state index contributed by atoms with van der Waals surface area (Å²) < 4.78 is 0. The maximum atomic E-state index is 3.92. The number of hydrogen-bond donors (Lipinski definition) is 0. The quantitative estimate of drug-likeness (QED) is 0.279. The van der Waals surface area contributed by atoms with E-state index in [2.05, 4.69) is 90.7 Å². The van der Waals surface area contributed by atoms with Crippen molar-refractivity contribution in [2.75, 3.05) is 0 Å². The average Bonchev–Trinajstić information content (AvgIpc) is 2.70. The van der Waals surface area contributed by atoms with Gasteiger partial charge in [0.05, 0.1) is 0 Å². The van der Waals surface area contributed by atoms with Gasteiger partial charge in [-0.25, -0.2) is 0 Å². The fraction of sp³-hybridized carbons (Fsp3) is 0.800. The van der Waals surface area contributed by atoms with E-state index in [1.807, 2.05) is 0 Å². The Balaban J connectivity index is 2.67. The maximum absolute atomic E-state index is 3.92. The molecule has 2 fully saturated rings. The summed E-state index contributed by atoms with van der Waals surface area (Å²) in [6.07, 6.45) is 13.5. The molecule has 0 radical (unpaired) electrons. The topological polar surface area (TPSA) is 0 Å². The largest absolute Gasteiger partial charge is 0.138 e. The molecule has 0 bridgehead atoms. The lowest BCUT2D eigenvalue weighted by atomic mass is 9.76. The van der Waals surface area contributed by atoms with Crippen molar-refractivity contribution in [1.82, 2.24) is 0 Å². The number of hydrogen-bond acceptors (Lipinski definition) is 0. The molecule has 0 aromatic carbocycles. The van der Waals surface area contributed by atoms with Crippen molar-refractivity contribution < 1.29 is 0 Å². The smallest absolute Gasteiger partial charge is 0.126 e. The third-order valence-electron chi connectivity index (χ3n) is 9.09. The molecular formula is C30H52Si2. The molecule has 0 spiro atoms. The van der Waals surface area contributed by atoms with E-state index in [0.29, 0.717) is 21.9 Å². The Kier molecular flexibility index (Phi) is 9.21. The highest BCUT2D eigenvalue weighted by atomic mass is 28.3. The molecule has 0 aromatic rings. The van der Waals surface area contributed by atoms with E-state index in [0.717, 1.165) is 0 Å². The van der Waals surface area contributed by atoms with Crippen LogP contribution < -0.4 is 0 Å². The Hall–Kier alpha value is -0.706. The van der Waals surface area contributed by atoms with Crippen molar-refractivity contribution in [3.63, 3.8) is 0 Å². The molecule has 0 amide bonds. The van der Waals surface area contributed by atoms with Crippen LogP contribution in [0.4, 0.5) is 0 Å². The maximum Gasteiger partial charge on any atom is 0.138 e. The Morgan fingerprint density at radius 3 is 1.06 bits per heavy atom.